The largest absolute Gasteiger partial charge is 0.453 e. The van der Waals surface area contributed by atoms with Crippen molar-refractivity contribution in [1.29, 1.82) is 0 Å². The number of benzene rings is 2. The van der Waals surface area contributed by atoms with Crippen LogP contribution in [0.15, 0.2) is 72.8 Å². The van der Waals surface area contributed by atoms with Crippen molar-refractivity contribution >= 4 is 35.5 Å². The van der Waals surface area contributed by atoms with Crippen LogP contribution in [0.2, 0.25) is 5.02 Å². The van der Waals surface area contributed by atoms with Gasteiger partial charge in [-0.3, -0.25) is 20.0 Å². The maximum Gasteiger partial charge on any atom is 0.407 e. The van der Waals surface area contributed by atoms with Crippen LogP contribution in [-0.2, 0) is 33.8 Å². The normalized spacial score (nSPS) is 15.9. The fourth-order valence-corrected chi connectivity index (χ4v) is 6.75. The first-order valence-corrected chi connectivity index (χ1v) is 19.1. The van der Waals surface area contributed by atoms with E-state index in [9.17, 15) is 24.3 Å². The Bertz CT molecular complexity index is 1740. The number of pyridine rings is 1. The summed E-state index contributed by atoms with van der Waals surface area (Å²) in [6, 6.07) is 19.4. The molecule has 5 amide bonds. The van der Waals surface area contributed by atoms with Gasteiger partial charge < -0.3 is 30.3 Å². The van der Waals surface area contributed by atoms with Gasteiger partial charge in [0.25, 0.3) is 5.91 Å². The smallest absolute Gasteiger partial charge is 0.407 e. The highest BCUT2D eigenvalue weighted by Crippen LogP contribution is 2.24. The van der Waals surface area contributed by atoms with Crippen LogP contribution in [0, 0.1) is 18.3 Å². The molecule has 4 rings (SSSR count). The van der Waals surface area contributed by atoms with Crippen LogP contribution >= 0.6 is 11.6 Å². The molecule has 14 heteroatoms. The number of aliphatic hydroxyl groups is 1. The molecular formula is C41H56ClN7O6. The lowest BCUT2D eigenvalue weighted by Crippen LogP contribution is -2.60. The number of ether oxygens (including phenoxy) is 1. The molecule has 13 nitrogen and oxygen atoms in total. The number of alkyl carbamates (subject to hydrolysis) is 1. The Hall–Kier alpha value is -4.72. The van der Waals surface area contributed by atoms with Crippen molar-refractivity contribution in [3.05, 3.63) is 100 Å². The van der Waals surface area contributed by atoms with E-state index < -0.39 is 41.6 Å². The number of halogens is 1. The summed E-state index contributed by atoms with van der Waals surface area (Å²) in [4.78, 5) is 62.2. The predicted octanol–water partition coefficient (Wildman–Crippen LogP) is 5.09. The van der Waals surface area contributed by atoms with Crippen molar-refractivity contribution in [1.82, 2.24) is 35.9 Å². The number of carbonyl (C=O) groups is 4. The minimum atomic E-state index is -1.20. The first-order chi connectivity index (χ1) is 26.1. The fourth-order valence-electron chi connectivity index (χ4n) is 6.62. The average molecular weight is 778 g/mol. The molecule has 4 N–H and O–H groups in total. The highest BCUT2D eigenvalue weighted by atomic mass is 35.5. The van der Waals surface area contributed by atoms with Gasteiger partial charge in [-0.2, -0.15) is 0 Å². The molecule has 1 aliphatic heterocycles. The summed E-state index contributed by atoms with van der Waals surface area (Å²) in [5, 5.41) is 19.9. The molecule has 0 aliphatic carbocycles. The van der Waals surface area contributed by atoms with Crippen molar-refractivity contribution in [3.63, 3.8) is 0 Å². The summed E-state index contributed by atoms with van der Waals surface area (Å²) < 4.78 is 4.79. The van der Waals surface area contributed by atoms with E-state index in [0.29, 0.717) is 31.1 Å². The molecule has 1 saturated heterocycles. The number of aliphatic hydroxyl groups excluding tert-OH is 1. The van der Waals surface area contributed by atoms with Gasteiger partial charge in [0.05, 0.1) is 31.5 Å². The van der Waals surface area contributed by atoms with Crippen molar-refractivity contribution in [2.24, 2.45) is 11.3 Å². The second-order valence-electron chi connectivity index (χ2n) is 15.3. The van der Waals surface area contributed by atoms with Gasteiger partial charge in [-0.05, 0) is 60.1 Å². The molecule has 0 spiro atoms. The highest BCUT2D eigenvalue weighted by molar-refractivity contribution is 6.30. The van der Waals surface area contributed by atoms with Gasteiger partial charge in [-0.1, -0.05) is 101 Å². The molecule has 3 aromatic rings. The maximum atomic E-state index is 14.4. The lowest BCUT2D eigenvalue weighted by atomic mass is 9.86. The zero-order chi connectivity index (χ0) is 40.3. The Morgan fingerprint density at radius 2 is 1.65 bits per heavy atom. The number of nitrogens with one attached hydrogen (secondary N) is 3. The Morgan fingerprint density at radius 1 is 0.964 bits per heavy atom. The van der Waals surface area contributed by atoms with Crippen molar-refractivity contribution in [3.8, 4) is 0 Å². The summed E-state index contributed by atoms with van der Waals surface area (Å²) in [7, 11) is 1.22. The van der Waals surface area contributed by atoms with Gasteiger partial charge in [0.2, 0.25) is 5.91 Å². The zero-order valence-electron chi connectivity index (χ0n) is 32.9. The Kier molecular flexibility index (Phi) is 15.4. The number of hydrogen-bond acceptors (Lipinski definition) is 8. The summed E-state index contributed by atoms with van der Waals surface area (Å²) in [6.45, 7) is 12.5. The lowest BCUT2D eigenvalue weighted by Gasteiger charge is -2.36. The maximum absolute atomic E-state index is 14.4. The minimum absolute atomic E-state index is 0.102. The molecule has 0 bridgehead atoms. The summed E-state index contributed by atoms with van der Waals surface area (Å²) in [5.41, 5.74) is 5.51. The predicted molar refractivity (Wildman–Crippen MR) is 212 cm³/mol. The number of nitrogens with zero attached hydrogens (tertiary/aromatic N) is 4. The van der Waals surface area contributed by atoms with Crippen LogP contribution in [0.1, 0.15) is 63.6 Å². The first kappa shape index (κ1) is 43.0. The number of aromatic nitrogens is 1. The second-order valence-corrected chi connectivity index (χ2v) is 15.7. The van der Waals surface area contributed by atoms with Crippen LogP contribution in [0.4, 0.5) is 9.59 Å². The summed E-state index contributed by atoms with van der Waals surface area (Å²) in [6.07, 6.45) is -1.04. The molecule has 1 aromatic heterocycles. The molecule has 0 unspecified atom stereocenters. The van der Waals surface area contributed by atoms with E-state index in [4.69, 9.17) is 16.3 Å². The molecule has 1 fully saturated rings. The van der Waals surface area contributed by atoms with Crippen molar-refractivity contribution < 1.29 is 29.0 Å². The van der Waals surface area contributed by atoms with E-state index in [1.54, 1.807) is 26.9 Å². The van der Waals surface area contributed by atoms with E-state index in [0.717, 1.165) is 22.5 Å². The number of methoxy groups -OCH3 is 1. The van der Waals surface area contributed by atoms with Crippen LogP contribution < -0.4 is 16.1 Å². The highest BCUT2D eigenvalue weighted by Gasteiger charge is 2.41. The third-order valence-electron chi connectivity index (χ3n) is 9.84. The number of urea groups is 1. The van der Waals surface area contributed by atoms with E-state index in [2.05, 4.69) is 21.0 Å². The van der Waals surface area contributed by atoms with Crippen LogP contribution in [0.5, 0.6) is 0 Å². The third kappa shape index (κ3) is 12.4. The van der Waals surface area contributed by atoms with Gasteiger partial charge >= 0.3 is 12.1 Å². The van der Waals surface area contributed by atoms with Gasteiger partial charge in [-0.15, -0.1) is 0 Å². The summed E-state index contributed by atoms with van der Waals surface area (Å²) in [5.74, 6) is -1.08. The van der Waals surface area contributed by atoms with Gasteiger partial charge in [0.1, 0.15) is 12.1 Å². The third-order valence-corrected chi connectivity index (χ3v) is 10.1. The number of hydrogen-bond donors (Lipinski definition) is 4. The zero-order valence-corrected chi connectivity index (χ0v) is 33.7. The van der Waals surface area contributed by atoms with Crippen LogP contribution in [0.25, 0.3) is 0 Å². The minimum Gasteiger partial charge on any atom is -0.453 e. The van der Waals surface area contributed by atoms with E-state index in [-0.39, 0.29) is 37.4 Å². The van der Waals surface area contributed by atoms with Crippen molar-refractivity contribution in [2.45, 2.75) is 91.7 Å². The van der Waals surface area contributed by atoms with Gasteiger partial charge in [0, 0.05) is 36.9 Å². The quantitative estimate of drug-likeness (QED) is 0.138. The SMILES string of the molecule is CC[C@H](C)[C@@H](C(=O)N[C@@H](Cc1ccccc1)[C@@H](O)CN(Cc1ccc(Cl)cc1)NC(=O)[C@@H](NC(=O)OC)C(C)(C)C)N1CCN(Cc2cccc(C)n2)C1=O. The number of carbonyl (C=O) groups excluding carboxylic acids is 4. The molecule has 0 radical (unpaired) electrons. The molecule has 55 heavy (non-hydrogen) atoms. The van der Waals surface area contributed by atoms with E-state index >= 15 is 0 Å². The lowest BCUT2D eigenvalue weighted by molar-refractivity contribution is -0.132. The topological polar surface area (TPSA) is 156 Å². The van der Waals surface area contributed by atoms with Crippen molar-refractivity contribution in [2.75, 3.05) is 26.7 Å². The number of hydrazine groups is 1. The molecule has 1 aliphatic rings. The molecular weight excluding hydrogens is 722 g/mol. The molecule has 2 heterocycles. The average Bonchev–Trinajstić information content (AvgIpc) is 3.49. The number of amides is 5. The molecule has 5 atom stereocenters. The molecule has 2 aromatic carbocycles. The standard InChI is InChI=1S/C41H56ClN7O6/c1-8-27(2)35(49-22-21-47(40(49)54)25-32-16-12-13-28(3)43-32)37(51)44-33(23-29-14-10-9-11-15-29)34(50)26-48(24-30-17-19-31(42)20-18-30)46-38(52)36(41(4,5)6)45-39(53)55-7/h9-20,27,33-36,50H,8,21-26H2,1-7H3,(H,44,51)(H,45,53)(H,46,52)/t27-,33-,34-,35-,36+/m0/s1. The van der Waals surface area contributed by atoms with Crippen LogP contribution in [-0.4, -0.2) is 99.8 Å². The monoisotopic (exact) mass is 777 g/mol. The Balaban J connectivity index is 1.60. The Labute approximate surface area is 329 Å². The number of aryl methyl sites for hydroxylation is 1. The molecule has 298 valence electrons. The van der Waals surface area contributed by atoms with Gasteiger partial charge in [-0.25, -0.2) is 14.6 Å². The van der Waals surface area contributed by atoms with Gasteiger partial charge in [0.15, 0.2) is 0 Å². The first-order valence-electron chi connectivity index (χ1n) is 18.7. The fraction of sp³-hybridized carbons (Fsp3) is 0.488. The second kappa shape index (κ2) is 19.7. The molecule has 0 saturated carbocycles. The van der Waals surface area contributed by atoms with E-state index in [1.165, 1.54) is 7.11 Å². The van der Waals surface area contributed by atoms with E-state index in [1.807, 2.05) is 102 Å². The summed E-state index contributed by atoms with van der Waals surface area (Å²) >= 11 is 6.16. The number of rotatable bonds is 17. The van der Waals surface area contributed by atoms with Crippen LogP contribution in [0.3, 0.4) is 0 Å². The Morgan fingerprint density at radius 3 is 2.27 bits per heavy atom.